The summed E-state index contributed by atoms with van der Waals surface area (Å²) < 4.78 is 0. The predicted octanol–water partition coefficient (Wildman–Crippen LogP) is -1.45. The molecular formula is C19H27N5O7. The summed E-state index contributed by atoms with van der Waals surface area (Å²) in [4.78, 5) is 47.6. The molecule has 2 atom stereocenters. The lowest BCUT2D eigenvalue weighted by atomic mass is 10.1. The van der Waals surface area contributed by atoms with Crippen LogP contribution in [-0.2, 0) is 14.4 Å². The van der Waals surface area contributed by atoms with E-state index in [1.807, 2.05) is 0 Å². The molecule has 1 fully saturated rings. The van der Waals surface area contributed by atoms with Crippen LogP contribution < -0.4 is 21.7 Å². The number of nitrogens with one attached hydrogen (secondary N) is 3. The topological polar surface area (TPSA) is 194 Å². The van der Waals surface area contributed by atoms with Crippen molar-refractivity contribution in [2.24, 2.45) is 5.73 Å². The van der Waals surface area contributed by atoms with Crippen LogP contribution >= 0.6 is 0 Å². The first-order valence-corrected chi connectivity index (χ1v) is 9.82. The highest BCUT2D eigenvalue weighted by Crippen LogP contribution is 2.27. The van der Waals surface area contributed by atoms with Gasteiger partial charge in [-0.2, -0.15) is 0 Å². The number of para-hydroxylation sites is 1. The van der Waals surface area contributed by atoms with Gasteiger partial charge in [0, 0.05) is 13.1 Å². The highest BCUT2D eigenvalue weighted by atomic mass is 16.5. The Morgan fingerprint density at radius 2 is 1.97 bits per heavy atom. The number of carbonyl (C=O) groups excluding carboxylic acids is 4. The number of piperidine rings is 1. The molecule has 31 heavy (non-hydrogen) atoms. The SMILES string of the molecule is NC(CCCNC(=O)c1cccc(O)c1O)C(=O)NCC(=O)NC1CCCN(O)C1=O. The van der Waals surface area contributed by atoms with Gasteiger partial charge in [-0.15, -0.1) is 0 Å². The van der Waals surface area contributed by atoms with E-state index in [0.29, 0.717) is 24.3 Å². The molecular weight excluding hydrogens is 410 g/mol. The molecule has 1 aromatic carbocycles. The Morgan fingerprint density at radius 3 is 2.71 bits per heavy atom. The van der Waals surface area contributed by atoms with Gasteiger partial charge in [0.25, 0.3) is 11.8 Å². The quantitative estimate of drug-likeness (QED) is 0.138. The minimum Gasteiger partial charge on any atom is -0.504 e. The third-order valence-electron chi connectivity index (χ3n) is 4.75. The number of rotatable bonds is 9. The second-order valence-corrected chi connectivity index (χ2v) is 7.12. The number of hydrogen-bond donors (Lipinski definition) is 7. The maximum absolute atomic E-state index is 12.0. The zero-order valence-electron chi connectivity index (χ0n) is 16.8. The zero-order chi connectivity index (χ0) is 23.0. The number of amides is 4. The van der Waals surface area contributed by atoms with Crippen LogP contribution in [0.25, 0.3) is 0 Å². The standard InChI is InChI=1S/C19H27N5O7/c20-12(5-2-8-21-17(28)11-4-1-7-14(25)16(11)27)18(29)22-10-15(26)23-13-6-3-9-24(31)19(13)30/h1,4,7,12-13,25,27,31H,2-3,5-6,8-10,20H2,(H,21,28)(H,22,29)(H,23,26). The van der Waals surface area contributed by atoms with Crippen LogP contribution in [0.3, 0.4) is 0 Å². The molecule has 1 heterocycles. The highest BCUT2D eigenvalue weighted by Gasteiger charge is 2.29. The van der Waals surface area contributed by atoms with Gasteiger partial charge in [0.05, 0.1) is 18.2 Å². The number of nitrogens with two attached hydrogens (primary N) is 1. The Hall–Kier alpha value is -3.38. The summed E-state index contributed by atoms with van der Waals surface area (Å²) in [7, 11) is 0. The number of carbonyl (C=O) groups is 4. The third-order valence-corrected chi connectivity index (χ3v) is 4.75. The van der Waals surface area contributed by atoms with Crippen molar-refractivity contribution in [2.75, 3.05) is 19.6 Å². The molecule has 1 saturated heterocycles. The number of nitrogens with zero attached hydrogens (tertiary/aromatic N) is 1. The van der Waals surface area contributed by atoms with Gasteiger partial charge in [-0.05, 0) is 37.8 Å². The lowest BCUT2D eigenvalue weighted by Crippen LogP contribution is -2.53. The minimum absolute atomic E-state index is 0.0752. The fraction of sp³-hybridized carbons (Fsp3) is 0.474. The van der Waals surface area contributed by atoms with Gasteiger partial charge in [-0.25, -0.2) is 5.06 Å². The second-order valence-electron chi connectivity index (χ2n) is 7.12. The maximum atomic E-state index is 12.0. The predicted molar refractivity (Wildman–Crippen MR) is 107 cm³/mol. The van der Waals surface area contributed by atoms with E-state index in [-0.39, 0.29) is 31.6 Å². The van der Waals surface area contributed by atoms with E-state index in [1.165, 1.54) is 18.2 Å². The lowest BCUT2D eigenvalue weighted by Gasteiger charge is -2.27. The molecule has 0 aromatic heterocycles. The van der Waals surface area contributed by atoms with E-state index >= 15 is 0 Å². The molecule has 0 bridgehead atoms. The molecule has 0 aliphatic carbocycles. The molecule has 1 aromatic rings. The molecule has 2 rings (SSSR count). The first-order chi connectivity index (χ1) is 14.7. The van der Waals surface area contributed by atoms with Gasteiger partial charge < -0.3 is 31.9 Å². The molecule has 0 saturated carbocycles. The number of hydroxylamine groups is 2. The first kappa shape index (κ1) is 23.9. The van der Waals surface area contributed by atoms with E-state index in [1.54, 1.807) is 0 Å². The number of aromatic hydroxyl groups is 2. The molecule has 2 unspecified atom stereocenters. The van der Waals surface area contributed by atoms with Crippen LogP contribution in [0, 0.1) is 0 Å². The van der Waals surface area contributed by atoms with Crippen LogP contribution in [0.15, 0.2) is 18.2 Å². The largest absolute Gasteiger partial charge is 0.504 e. The van der Waals surface area contributed by atoms with Crippen LogP contribution in [0.4, 0.5) is 0 Å². The van der Waals surface area contributed by atoms with E-state index in [4.69, 9.17) is 5.73 Å². The number of phenolic OH excluding ortho intramolecular Hbond substituents is 2. The van der Waals surface area contributed by atoms with Crippen LogP contribution in [-0.4, -0.2) is 75.8 Å². The summed E-state index contributed by atoms with van der Waals surface area (Å²) in [6, 6.07) is 2.28. The van der Waals surface area contributed by atoms with Crippen molar-refractivity contribution in [3.8, 4) is 11.5 Å². The van der Waals surface area contributed by atoms with Crippen molar-refractivity contribution in [3.63, 3.8) is 0 Å². The first-order valence-electron chi connectivity index (χ1n) is 9.82. The molecule has 8 N–H and O–H groups in total. The van der Waals surface area contributed by atoms with E-state index in [2.05, 4.69) is 16.0 Å². The average molecular weight is 437 g/mol. The number of hydrogen-bond acceptors (Lipinski definition) is 8. The van der Waals surface area contributed by atoms with Crippen molar-refractivity contribution >= 4 is 23.6 Å². The second kappa shape index (κ2) is 11.1. The van der Waals surface area contributed by atoms with Gasteiger partial charge in [0.15, 0.2) is 11.5 Å². The van der Waals surface area contributed by atoms with Crippen LogP contribution in [0.2, 0.25) is 0 Å². The summed E-state index contributed by atoms with van der Waals surface area (Å²) in [5.41, 5.74) is 5.70. The number of phenols is 2. The normalized spacial score (nSPS) is 17.0. The molecule has 4 amide bonds. The molecule has 1 aliphatic rings. The van der Waals surface area contributed by atoms with E-state index < -0.39 is 47.2 Å². The Kier molecular flexibility index (Phi) is 8.58. The van der Waals surface area contributed by atoms with Gasteiger partial charge in [-0.3, -0.25) is 24.4 Å². The van der Waals surface area contributed by atoms with Gasteiger partial charge >= 0.3 is 0 Å². The summed E-state index contributed by atoms with van der Waals surface area (Å²) in [6.45, 7) is 0.0261. The van der Waals surface area contributed by atoms with Crippen molar-refractivity contribution in [1.29, 1.82) is 0 Å². The lowest BCUT2D eigenvalue weighted by molar-refractivity contribution is -0.173. The van der Waals surface area contributed by atoms with Crippen LogP contribution in [0.1, 0.15) is 36.0 Å². The van der Waals surface area contributed by atoms with E-state index in [9.17, 15) is 34.6 Å². The monoisotopic (exact) mass is 437 g/mol. The zero-order valence-corrected chi connectivity index (χ0v) is 16.8. The maximum Gasteiger partial charge on any atom is 0.268 e. The van der Waals surface area contributed by atoms with Gasteiger partial charge in [0.1, 0.15) is 6.04 Å². The molecule has 1 aliphatic heterocycles. The fourth-order valence-corrected chi connectivity index (χ4v) is 3.00. The van der Waals surface area contributed by atoms with Gasteiger partial charge in [-0.1, -0.05) is 6.07 Å². The Balaban J connectivity index is 1.65. The molecule has 170 valence electrons. The van der Waals surface area contributed by atoms with E-state index in [0.717, 1.165) is 0 Å². The third kappa shape index (κ3) is 6.83. The van der Waals surface area contributed by atoms with Crippen molar-refractivity contribution in [3.05, 3.63) is 23.8 Å². The van der Waals surface area contributed by atoms with Crippen molar-refractivity contribution < 1.29 is 34.6 Å². The highest BCUT2D eigenvalue weighted by molar-refractivity contribution is 5.97. The van der Waals surface area contributed by atoms with Crippen molar-refractivity contribution in [1.82, 2.24) is 21.0 Å². The molecule has 0 radical (unpaired) electrons. The Morgan fingerprint density at radius 1 is 1.23 bits per heavy atom. The van der Waals surface area contributed by atoms with Gasteiger partial charge in [0.2, 0.25) is 11.8 Å². The summed E-state index contributed by atoms with van der Waals surface area (Å²) >= 11 is 0. The smallest absolute Gasteiger partial charge is 0.268 e. The van der Waals surface area contributed by atoms with Crippen LogP contribution in [0.5, 0.6) is 11.5 Å². The number of benzene rings is 1. The molecule has 12 heteroatoms. The summed E-state index contributed by atoms with van der Waals surface area (Å²) in [5, 5.41) is 36.4. The molecule has 12 nitrogen and oxygen atoms in total. The summed E-state index contributed by atoms with van der Waals surface area (Å²) in [6.07, 6.45) is 1.53. The van der Waals surface area contributed by atoms with Crippen molar-refractivity contribution in [2.45, 2.75) is 37.8 Å². The minimum atomic E-state index is -0.914. The fourth-order valence-electron chi connectivity index (χ4n) is 3.00. The summed E-state index contributed by atoms with van der Waals surface area (Å²) in [5.74, 6) is -3.24. The molecule has 0 spiro atoms. The Labute approximate surface area is 178 Å². The Bertz CT molecular complexity index is 832. The average Bonchev–Trinajstić information content (AvgIpc) is 2.74.